The van der Waals surface area contributed by atoms with Gasteiger partial charge in [-0.1, -0.05) is 30.3 Å². The molecule has 0 atom stereocenters. The molecule has 0 aliphatic heterocycles. The average molecular weight is 536 g/mol. The number of benzene rings is 3. The number of esters is 1. The molecule has 0 aliphatic carbocycles. The van der Waals surface area contributed by atoms with Crippen LogP contribution >= 0.6 is 11.3 Å². The highest BCUT2D eigenvalue weighted by Gasteiger charge is 2.32. The third kappa shape index (κ3) is 5.31. The van der Waals surface area contributed by atoms with Gasteiger partial charge in [-0.05, 0) is 65.9 Å². The number of sulfonamides is 1. The monoisotopic (exact) mass is 535 g/mol. The van der Waals surface area contributed by atoms with Gasteiger partial charge in [0.25, 0.3) is 10.0 Å². The Morgan fingerprint density at radius 3 is 2.19 bits per heavy atom. The second-order valence-electron chi connectivity index (χ2n) is 7.75. The first-order chi connectivity index (χ1) is 17.0. The topological polar surface area (TPSA) is 72.9 Å². The number of hydrogen-bond donors (Lipinski definition) is 0. The van der Waals surface area contributed by atoms with Crippen molar-refractivity contribution in [1.29, 1.82) is 0 Å². The van der Waals surface area contributed by atoms with Crippen LogP contribution in [0, 0.1) is 6.92 Å². The summed E-state index contributed by atoms with van der Waals surface area (Å²) in [5, 5.41) is 1.37. The van der Waals surface area contributed by atoms with E-state index in [1.807, 2.05) is 31.2 Å². The van der Waals surface area contributed by atoms with Crippen LogP contribution in [0.25, 0.3) is 10.1 Å². The van der Waals surface area contributed by atoms with Crippen molar-refractivity contribution in [1.82, 2.24) is 0 Å². The van der Waals surface area contributed by atoms with Gasteiger partial charge in [0.2, 0.25) is 0 Å². The molecule has 11 heteroatoms. The molecule has 1 heterocycles. The molecule has 0 bridgehead atoms. The van der Waals surface area contributed by atoms with Crippen LogP contribution in [0.3, 0.4) is 0 Å². The summed E-state index contributed by atoms with van der Waals surface area (Å²) in [5.41, 5.74) is 1.40. The molecule has 0 spiro atoms. The maximum absolute atomic E-state index is 13.8. The molecule has 4 aromatic rings. The Morgan fingerprint density at radius 1 is 0.972 bits per heavy atom. The molecule has 0 amide bonds. The van der Waals surface area contributed by atoms with Crippen molar-refractivity contribution in [3.05, 3.63) is 89.5 Å². The summed E-state index contributed by atoms with van der Waals surface area (Å²) in [6.45, 7) is 1.68. The maximum atomic E-state index is 13.8. The van der Waals surface area contributed by atoms with E-state index in [0.717, 1.165) is 27.8 Å². The number of rotatable bonds is 7. The van der Waals surface area contributed by atoms with Crippen molar-refractivity contribution in [3.63, 3.8) is 0 Å². The van der Waals surface area contributed by atoms with Crippen LogP contribution in [0.4, 0.5) is 18.2 Å². The van der Waals surface area contributed by atoms with Crippen LogP contribution in [0.15, 0.2) is 77.7 Å². The Kier molecular flexibility index (Phi) is 6.96. The summed E-state index contributed by atoms with van der Waals surface area (Å²) in [6.07, 6.45) is -4.83. The number of aryl methyl sites for hydroxylation is 1. The van der Waals surface area contributed by atoms with Crippen molar-refractivity contribution in [2.45, 2.75) is 24.7 Å². The minimum absolute atomic E-state index is 0.0518. The molecular formula is C25H20F3NO5S2. The van der Waals surface area contributed by atoms with Crippen LogP contribution in [-0.4, -0.2) is 27.9 Å². The number of ether oxygens (including phenoxy) is 2. The summed E-state index contributed by atoms with van der Waals surface area (Å²) in [7, 11) is -2.90. The number of halogens is 3. The van der Waals surface area contributed by atoms with E-state index in [1.54, 1.807) is 0 Å². The van der Waals surface area contributed by atoms with E-state index in [-0.39, 0.29) is 17.0 Å². The predicted octanol–water partition coefficient (Wildman–Crippen LogP) is 6.29. The average Bonchev–Trinajstić information content (AvgIpc) is 3.18. The highest BCUT2D eigenvalue weighted by molar-refractivity contribution is 7.93. The van der Waals surface area contributed by atoms with Crippen molar-refractivity contribution in [2.24, 2.45) is 0 Å². The lowest BCUT2D eigenvalue weighted by Gasteiger charge is -2.24. The lowest BCUT2D eigenvalue weighted by Crippen LogP contribution is -2.30. The van der Waals surface area contributed by atoms with E-state index in [2.05, 4.69) is 9.47 Å². The van der Waals surface area contributed by atoms with Gasteiger partial charge in [-0.2, -0.15) is 0 Å². The number of hydrogen-bond acceptors (Lipinski definition) is 6. The van der Waals surface area contributed by atoms with Gasteiger partial charge in [0.15, 0.2) is 0 Å². The number of carbonyl (C=O) groups excluding carboxylic acids is 1. The van der Waals surface area contributed by atoms with Gasteiger partial charge in [0.05, 0.1) is 24.1 Å². The van der Waals surface area contributed by atoms with Gasteiger partial charge in [0.1, 0.15) is 10.8 Å². The van der Waals surface area contributed by atoms with Crippen molar-refractivity contribution in [3.8, 4) is 5.75 Å². The van der Waals surface area contributed by atoms with Gasteiger partial charge in [0, 0.05) is 4.70 Å². The first kappa shape index (κ1) is 25.5. The van der Waals surface area contributed by atoms with E-state index >= 15 is 0 Å². The fourth-order valence-corrected chi connectivity index (χ4v) is 6.57. The third-order valence-electron chi connectivity index (χ3n) is 5.39. The molecule has 6 nitrogen and oxygen atoms in total. The highest BCUT2D eigenvalue weighted by Crippen LogP contribution is 2.40. The van der Waals surface area contributed by atoms with Crippen LogP contribution in [0.2, 0.25) is 0 Å². The highest BCUT2D eigenvalue weighted by atomic mass is 32.2. The number of alkyl halides is 3. The number of fused-ring (bicyclic) bond motifs is 1. The van der Waals surface area contributed by atoms with Crippen LogP contribution in [0.1, 0.15) is 21.5 Å². The van der Waals surface area contributed by atoms with Crippen molar-refractivity contribution >= 4 is 42.4 Å². The molecule has 1 aromatic heterocycles. The minimum Gasteiger partial charge on any atom is -0.465 e. The zero-order valence-corrected chi connectivity index (χ0v) is 20.7. The Bertz CT molecular complexity index is 1500. The molecular weight excluding hydrogens is 515 g/mol. The van der Waals surface area contributed by atoms with E-state index in [9.17, 15) is 26.4 Å². The van der Waals surface area contributed by atoms with Crippen LogP contribution in [-0.2, 0) is 21.3 Å². The van der Waals surface area contributed by atoms with Crippen molar-refractivity contribution < 1.29 is 35.9 Å². The van der Waals surface area contributed by atoms with Crippen LogP contribution < -0.4 is 9.04 Å². The summed E-state index contributed by atoms with van der Waals surface area (Å²) in [5.74, 6) is -1.01. The number of methoxy groups -OCH3 is 1. The number of nitrogens with zero attached hydrogens (tertiary/aromatic N) is 1. The zero-order chi connectivity index (χ0) is 26.1. The third-order valence-corrected chi connectivity index (χ3v) is 8.56. The first-order valence-electron chi connectivity index (χ1n) is 10.5. The predicted molar refractivity (Wildman–Crippen MR) is 131 cm³/mol. The summed E-state index contributed by atoms with van der Waals surface area (Å²) in [6, 6.07) is 17.9. The molecule has 0 saturated heterocycles. The molecule has 4 rings (SSSR count). The molecule has 36 heavy (non-hydrogen) atoms. The smallest absolute Gasteiger partial charge is 0.465 e. The molecule has 0 aliphatic rings. The standard InChI is InChI=1S/C25H20F3NO5S2/c1-16-21-5-3-4-6-22(21)35-23(16)29(15-17-7-11-19(12-8-17)34-25(26,27)28)36(31,32)20-13-9-18(10-14-20)24(30)33-2/h3-14H,15H2,1-2H3. The molecule has 0 radical (unpaired) electrons. The van der Waals surface area contributed by atoms with Gasteiger partial charge in [-0.25, -0.2) is 13.2 Å². The molecule has 188 valence electrons. The van der Waals surface area contributed by atoms with Crippen LogP contribution in [0.5, 0.6) is 5.75 Å². The molecule has 3 aromatic carbocycles. The molecule has 0 saturated carbocycles. The first-order valence-corrected chi connectivity index (χ1v) is 12.8. The number of thiophene rings is 1. The fourth-order valence-electron chi connectivity index (χ4n) is 3.64. The Hall–Kier alpha value is -3.57. The fraction of sp³-hybridized carbons (Fsp3) is 0.160. The number of anilines is 1. The van der Waals surface area contributed by atoms with E-state index in [4.69, 9.17) is 0 Å². The van der Waals surface area contributed by atoms with Gasteiger partial charge in [-0.3, -0.25) is 4.31 Å². The molecule has 0 fully saturated rings. The largest absolute Gasteiger partial charge is 0.573 e. The number of carbonyl (C=O) groups is 1. The van der Waals surface area contributed by atoms with E-state index < -0.39 is 28.1 Å². The maximum Gasteiger partial charge on any atom is 0.573 e. The Balaban J connectivity index is 1.76. The lowest BCUT2D eigenvalue weighted by atomic mass is 10.2. The Morgan fingerprint density at radius 2 is 1.61 bits per heavy atom. The van der Waals surface area contributed by atoms with Crippen molar-refractivity contribution in [2.75, 3.05) is 11.4 Å². The Labute approximate surface area is 209 Å². The summed E-state index contributed by atoms with van der Waals surface area (Å²) in [4.78, 5) is 11.7. The second-order valence-corrected chi connectivity index (χ2v) is 10.6. The quantitative estimate of drug-likeness (QED) is 0.260. The van der Waals surface area contributed by atoms with E-state index in [0.29, 0.717) is 10.6 Å². The zero-order valence-electron chi connectivity index (χ0n) is 19.1. The molecule has 0 unspecified atom stereocenters. The van der Waals surface area contributed by atoms with Gasteiger partial charge in [-0.15, -0.1) is 24.5 Å². The van der Waals surface area contributed by atoms with E-state index in [1.165, 1.54) is 59.2 Å². The van der Waals surface area contributed by atoms with Gasteiger partial charge < -0.3 is 9.47 Å². The summed E-state index contributed by atoms with van der Waals surface area (Å²) >= 11 is 1.29. The summed E-state index contributed by atoms with van der Waals surface area (Å²) < 4.78 is 75.9. The second kappa shape index (κ2) is 9.82. The lowest BCUT2D eigenvalue weighted by molar-refractivity contribution is -0.274. The molecule has 0 N–H and O–H groups in total. The normalized spacial score (nSPS) is 11.9. The SMILES string of the molecule is COC(=O)c1ccc(S(=O)(=O)N(Cc2ccc(OC(F)(F)F)cc2)c2sc3ccccc3c2C)cc1. The van der Waals surface area contributed by atoms with Gasteiger partial charge >= 0.3 is 12.3 Å². The minimum atomic E-state index is -4.83.